The summed E-state index contributed by atoms with van der Waals surface area (Å²) in [6.07, 6.45) is 5.11. The molecule has 0 N–H and O–H groups in total. The molecule has 1 aromatic heterocycles. The van der Waals surface area contributed by atoms with Gasteiger partial charge in [0.05, 0.1) is 13.2 Å². The first-order chi connectivity index (χ1) is 9.51. The van der Waals surface area contributed by atoms with Crippen molar-refractivity contribution >= 4 is 11.6 Å². The van der Waals surface area contributed by atoms with Gasteiger partial charge in [-0.2, -0.15) is 8.78 Å². The van der Waals surface area contributed by atoms with Gasteiger partial charge < -0.3 is 4.74 Å². The van der Waals surface area contributed by atoms with Crippen LogP contribution in [0.3, 0.4) is 0 Å². The summed E-state index contributed by atoms with van der Waals surface area (Å²) < 4.78 is 32.1. The molecule has 0 radical (unpaired) electrons. The van der Waals surface area contributed by atoms with Crippen molar-refractivity contribution in [2.75, 3.05) is 26.3 Å². The molecule has 0 unspecified atom stereocenters. The van der Waals surface area contributed by atoms with Crippen molar-refractivity contribution in [3.63, 3.8) is 0 Å². The van der Waals surface area contributed by atoms with E-state index >= 15 is 0 Å². The minimum absolute atomic E-state index is 0.0363. The average molecular weight is 304 g/mol. The molecule has 0 aromatic carbocycles. The van der Waals surface area contributed by atoms with Crippen LogP contribution >= 0.6 is 11.6 Å². The Bertz CT molecular complexity index is 485. The zero-order chi connectivity index (χ0) is 14.2. The number of rotatable bonds is 4. The topological polar surface area (TPSA) is 38.2 Å². The van der Waals surface area contributed by atoms with E-state index in [0.29, 0.717) is 25.2 Å². The minimum Gasteiger partial charge on any atom is -0.379 e. The first-order valence-electron chi connectivity index (χ1n) is 6.70. The maximum atomic E-state index is 13.4. The van der Waals surface area contributed by atoms with Crippen LogP contribution < -0.4 is 0 Å². The smallest absolute Gasteiger partial charge is 0.365 e. The zero-order valence-electron chi connectivity index (χ0n) is 11.0. The fourth-order valence-corrected chi connectivity index (χ4v) is 3.05. The number of morpholine rings is 1. The van der Waals surface area contributed by atoms with Gasteiger partial charge in [-0.05, 0) is 30.9 Å². The third-order valence-electron chi connectivity index (χ3n) is 4.09. The standard InChI is InChI=1S/C13H16ClF2N3O/c14-13(15,16)11-10(8-17-9-18-11)7-12(1-2-12)19-3-5-20-6-4-19/h8-9H,1-7H2. The Labute approximate surface area is 121 Å². The van der Waals surface area contributed by atoms with Crippen LogP contribution in [0.25, 0.3) is 0 Å². The quantitative estimate of drug-likeness (QED) is 0.799. The molecule has 1 saturated heterocycles. The van der Waals surface area contributed by atoms with Gasteiger partial charge in [-0.3, -0.25) is 4.90 Å². The molecule has 110 valence electrons. The molecule has 1 aliphatic carbocycles. The maximum Gasteiger partial charge on any atom is 0.365 e. The molecule has 2 heterocycles. The van der Waals surface area contributed by atoms with Crippen molar-refractivity contribution in [3.05, 3.63) is 23.8 Å². The molecule has 20 heavy (non-hydrogen) atoms. The van der Waals surface area contributed by atoms with Crippen molar-refractivity contribution in [2.24, 2.45) is 0 Å². The van der Waals surface area contributed by atoms with E-state index in [9.17, 15) is 8.78 Å². The van der Waals surface area contributed by atoms with Gasteiger partial charge in [-0.15, -0.1) is 0 Å². The highest BCUT2D eigenvalue weighted by molar-refractivity contribution is 6.21. The number of hydrogen-bond donors (Lipinski definition) is 0. The molecule has 0 atom stereocenters. The molecule has 0 bridgehead atoms. The van der Waals surface area contributed by atoms with Gasteiger partial charge >= 0.3 is 5.38 Å². The van der Waals surface area contributed by atoms with E-state index in [-0.39, 0.29) is 11.2 Å². The lowest BCUT2D eigenvalue weighted by molar-refractivity contribution is 0.00904. The average Bonchev–Trinajstić information content (AvgIpc) is 3.20. The molecule has 7 heteroatoms. The summed E-state index contributed by atoms with van der Waals surface area (Å²) in [6.45, 7) is 3.09. The number of alkyl halides is 3. The summed E-state index contributed by atoms with van der Waals surface area (Å²) in [5, 5.41) is -3.45. The fourth-order valence-electron chi connectivity index (χ4n) is 2.88. The lowest BCUT2D eigenvalue weighted by Gasteiger charge is -2.35. The lowest BCUT2D eigenvalue weighted by atomic mass is 10.0. The molecular weight excluding hydrogens is 288 g/mol. The Hall–Kier alpha value is -0.850. The molecule has 0 amide bonds. The summed E-state index contributed by atoms with van der Waals surface area (Å²) in [6, 6.07) is 0. The molecule has 0 spiro atoms. The number of hydrogen-bond acceptors (Lipinski definition) is 4. The van der Waals surface area contributed by atoms with E-state index in [1.807, 2.05) is 0 Å². The van der Waals surface area contributed by atoms with Crippen molar-refractivity contribution in [3.8, 4) is 0 Å². The van der Waals surface area contributed by atoms with Gasteiger partial charge in [0.1, 0.15) is 12.0 Å². The minimum atomic E-state index is -3.45. The normalized spacial score (nSPS) is 22.8. The zero-order valence-corrected chi connectivity index (χ0v) is 11.7. The van der Waals surface area contributed by atoms with Crippen LogP contribution in [0.15, 0.2) is 12.5 Å². The summed E-state index contributed by atoms with van der Waals surface area (Å²) in [7, 11) is 0. The van der Waals surface area contributed by atoms with Crippen LogP contribution in [0, 0.1) is 0 Å². The van der Waals surface area contributed by atoms with Crippen LogP contribution in [0.5, 0.6) is 0 Å². The number of ether oxygens (including phenoxy) is 1. The second kappa shape index (κ2) is 5.16. The van der Waals surface area contributed by atoms with Gasteiger partial charge in [-0.25, -0.2) is 9.97 Å². The predicted octanol–water partition coefficient (Wildman–Crippen LogP) is 2.17. The van der Waals surface area contributed by atoms with Crippen LogP contribution in [0.4, 0.5) is 8.78 Å². The molecule has 1 aliphatic heterocycles. The SMILES string of the molecule is FC(F)(Cl)c1ncncc1CC1(N2CCOCC2)CC1. The van der Waals surface area contributed by atoms with Crippen molar-refractivity contribution in [1.29, 1.82) is 0 Å². The molecule has 1 saturated carbocycles. The van der Waals surface area contributed by atoms with Gasteiger partial charge in [0.25, 0.3) is 0 Å². The summed E-state index contributed by atoms with van der Waals surface area (Å²) in [5.41, 5.74) is 0.0379. The highest BCUT2D eigenvalue weighted by Crippen LogP contribution is 2.46. The summed E-state index contributed by atoms with van der Waals surface area (Å²) in [5.74, 6) is 0. The van der Waals surface area contributed by atoms with E-state index in [1.54, 1.807) is 0 Å². The van der Waals surface area contributed by atoms with Crippen LogP contribution in [0.2, 0.25) is 0 Å². The molecule has 3 rings (SSSR count). The summed E-state index contributed by atoms with van der Waals surface area (Å²) in [4.78, 5) is 9.87. The Morgan fingerprint density at radius 3 is 2.65 bits per heavy atom. The molecular formula is C13H16ClF2N3O. The maximum absolute atomic E-state index is 13.4. The highest BCUT2D eigenvalue weighted by Gasteiger charge is 2.49. The van der Waals surface area contributed by atoms with Gasteiger partial charge in [0.15, 0.2) is 0 Å². The second-order valence-electron chi connectivity index (χ2n) is 5.39. The Morgan fingerprint density at radius 1 is 1.35 bits per heavy atom. The lowest BCUT2D eigenvalue weighted by Crippen LogP contribution is -2.46. The monoisotopic (exact) mass is 303 g/mol. The first kappa shape index (κ1) is 14.1. The molecule has 2 aliphatic rings. The predicted molar refractivity (Wildman–Crippen MR) is 69.8 cm³/mol. The van der Waals surface area contributed by atoms with Gasteiger partial charge in [0.2, 0.25) is 0 Å². The fraction of sp³-hybridized carbons (Fsp3) is 0.692. The number of halogens is 3. The van der Waals surface area contributed by atoms with Gasteiger partial charge in [-0.1, -0.05) is 0 Å². The number of nitrogens with zero attached hydrogens (tertiary/aromatic N) is 3. The third-order valence-corrected chi connectivity index (χ3v) is 4.26. The van der Waals surface area contributed by atoms with Crippen molar-refractivity contribution in [2.45, 2.75) is 30.2 Å². The van der Waals surface area contributed by atoms with E-state index < -0.39 is 5.38 Å². The van der Waals surface area contributed by atoms with Crippen molar-refractivity contribution < 1.29 is 13.5 Å². The summed E-state index contributed by atoms with van der Waals surface area (Å²) >= 11 is 5.14. The van der Waals surface area contributed by atoms with Crippen LogP contribution in [0.1, 0.15) is 24.1 Å². The largest absolute Gasteiger partial charge is 0.379 e. The Morgan fingerprint density at radius 2 is 2.05 bits per heavy atom. The molecule has 2 fully saturated rings. The van der Waals surface area contributed by atoms with E-state index in [1.165, 1.54) is 6.20 Å². The van der Waals surface area contributed by atoms with Crippen LogP contribution in [-0.4, -0.2) is 46.7 Å². The van der Waals surface area contributed by atoms with E-state index in [4.69, 9.17) is 16.3 Å². The molecule has 1 aromatic rings. The van der Waals surface area contributed by atoms with E-state index in [2.05, 4.69) is 14.9 Å². The third kappa shape index (κ3) is 2.77. The Kier molecular flexibility index (Phi) is 3.64. The first-order valence-corrected chi connectivity index (χ1v) is 7.08. The van der Waals surface area contributed by atoms with Crippen LogP contribution in [-0.2, 0) is 16.5 Å². The second-order valence-corrected chi connectivity index (χ2v) is 5.87. The Balaban J connectivity index is 1.81. The van der Waals surface area contributed by atoms with Gasteiger partial charge in [0, 0.05) is 30.4 Å². The van der Waals surface area contributed by atoms with E-state index in [0.717, 1.165) is 32.3 Å². The number of aromatic nitrogens is 2. The molecule has 4 nitrogen and oxygen atoms in total. The van der Waals surface area contributed by atoms with Crippen molar-refractivity contribution in [1.82, 2.24) is 14.9 Å². The highest BCUT2D eigenvalue weighted by atomic mass is 35.5.